The van der Waals surface area contributed by atoms with Gasteiger partial charge in [-0.3, -0.25) is 25.0 Å². The van der Waals surface area contributed by atoms with E-state index in [0.717, 1.165) is 11.6 Å². The third-order valence-electron chi connectivity index (χ3n) is 3.79. The average molecular weight is 351 g/mol. The minimum absolute atomic E-state index is 0.00371. The number of rotatable bonds is 3. The number of nitrogens with zero attached hydrogens (tertiary/aromatic N) is 2. The quantitative estimate of drug-likeness (QED) is 0.395. The molecular formula is C18H13N3O5. The fraction of sp³-hybridized carbons (Fsp3) is 0.0556. The lowest BCUT2D eigenvalue weighted by Gasteiger charge is -2.26. The number of nitro benzene ring substituents is 1. The topological polar surface area (TPSA) is 110 Å². The zero-order chi connectivity index (χ0) is 18.8. The molecule has 0 aromatic heterocycles. The van der Waals surface area contributed by atoms with Gasteiger partial charge in [-0.2, -0.15) is 0 Å². The van der Waals surface area contributed by atoms with Crippen molar-refractivity contribution in [3.8, 4) is 0 Å². The molecule has 26 heavy (non-hydrogen) atoms. The zero-order valence-corrected chi connectivity index (χ0v) is 13.6. The molecule has 0 unspecified atom stereocenters. The van der Waals surface area contributed by atoms with Crippen molar-refractivity contribution in [2.45, 2.75) is 6.92 Å². The molecule has 2 aromatic carbocycles. The SMILES string of the molecule is Cc1ccc(/C=C2\C(=O)NC(=O)N(c3cccc([N+](=O)[O-])c3)C2=O)cc1. The normalized spacial score (nSPS) is 16.0. The highest BCUT2D eigenvalue weighted by Gasteiger charge is 2.37. The van der Waals surface area contributed by atoms with Crippen LogP contribution in [0.25, 0.3) is 6.08 Å². The van der Waals surface area contributed by atoms with Crippen molar-refractivity contribution in [3.63, 3.8) is 0 Å². The van der Waals surface area contributed by atoms with E-state index in [0.29, 0.717) is 10.5 Å². The van der Waals surface area contributed by atoms with Crippen molar-refractivity contribution in [3.05, 3.63) is 75.3 Å². The Kier molecular flexibility index (Phi) is 4.32. The van der Waals surface area contributed by atoms with Crippen LogP contribution >= 0.6 is 0 Å². The number of carbonyl (C=O) groups excluding carboxylic acids is 3. The van der Waals surface area contributed by atoms with E-state index in [1.807, 2.05) is 19.1 Å². The number of hydrogen-bond acceptors (Lipinski definition) is 5. The van der Waals surface area contributed by atoms with Gasteiger partial charge in [0.1, 0.15) is 5.57 Å². The van der Waals surface area contributed by atoms with Crippen molar-refractivity contribution in [2.24, 2.45) is 0 Å². The summed E-state index contributed by atoms with van der Waals surface area (Å²) in [5.41, 5.74) is 1.12. The number of urea groups is 1. The van der Waals surface area contributed by atoms with Gasteiger partial charge in [0.05, 0.1) is 10.6 Å². The largest absolute Gasteiger partial charge is 0.335 e. The molecule has 0 aliphatic carbocycles. The summed E-state index contributed by atoms with van der Waals surface area (Å²) >= 11 is 0. The Morgan fingerprint density at radius 3 is 2.42 bits per heavy atom. The van der Waals surface area contributed by atoms with Crippen LogP contribution in [-0.4, -0.2) is 22.8 Å². The number of nitrogens with one attached hydrogen (secondary N) is 1. The van der Waals surface area contributed by atoms with Crippen LogP contribution in [0.1, 0.15) is 11.1 Å². The Hall–Kier alpha value is -3.81. The minimum Gasteiger partial charge on any atom is -0.273 e. The van der Waals surface area contributed by atoms with Crippen LogP contribution in [-0.2, 0) is 9.59 Å². The van der Waals surface area contributed by atoms with E-state index in [-0.39, 0.29) is 16.9 Å². The Morgan fingerprint density at radius 2 is 1.77 bits per heavy atom. The number of amides is 4. The van der Waals surface area contributed by atoms with E-state index in [1.54, 1.807) is 12.1 Å². The molecular weight excluding hydrogens is 338 g/mol. The summed E-state index contributed by atoms with van der Waals surface area (Å²) in [7, 11) is 0. The van der Waals surface area contributed by atoms with Gasteiger partial charge in [0.25, 0.3) is 17.5 Å². The molecule has 1 aliphatic rings. The number of barbiturate groups is 1. The van der Waals surface area contributed by atoms with Gasteiger partial charge < -0.3 is 0 Å². The van der Waals surface area contributed by atoms with Crippen LogP contribution < -0.4 is 10.2 Å². The first-order chi connectivity index (χ1) is 12.4. The van der Waals surface area contributed by atoms with E-state index in [1.165, 1.54) is 24.3 Å². The fourth-order valence-corrected chi connectivity index (χ4v) is 2.47. The van der Waals surface area contributed by atoms with E-state index in [9.17, 15) is 24.5 Å². The van der Waals surface area contributed by atoms with Crippen molar-refractivity contribution in [1.82, 2.24) is 5.32 Å². The second-order valence-electron chi connectivity index (χ2n) is 5.65. The maximum absolute atomic E-state index is 12.7. The van der Waals surface area contributed by atoms with Crippen LogP contribution in [0.2, 0.25) is 0 Å². The van der Waals surface area contributed by atoms with Crippen molar-refractivity contribution < 1.29 is 19.3 Å². The first kappa shape index (κ1) is 17.0. The summed E-state index contributed by atoms with van der Waals surface area (Å²) in [6.07, 6.45) is 1.37. The number of hydrogen-bond donors (Lipinski definition) is 1. The van der Waals surface area contributed by atoms with E-state index in [2.05, 4.69) is 5.32 Å². The lowest BCUT2D eigenvalue weighted by Crippen LogP contribution is -2.54. The van der Waals surface area contributed by atoms with E-state index in [4.69, 9.17) is 0 Å². The van der Waals surface area contributed by atoms with Crippen LogP contribution in [0.15, 0.2) is 54.1 Å². The summed E-state index contributed by atoms with van der Waals surface area (Å²) in [5.74, 6) is -1.66. The van der Waals surface area contributed by atoms with Crippen molar-refractivity contribution >= 4 is 35.3 Å². The smallest absolute Gasteiger partial charge is 0.273 e. The summed E-state index contributed by atoms with van der Waals surface area (Å²) in [6, 6.07) is 11.2. The maximum Gasteiger partial charge on any atom is 0.335 e. The molecule has 130 valence electrons. The van der Waals surface area contributed by atoms with Crippen molar-refractivity contribution in [1.29, 1.82) is 0 Å². The van der Waals surface area contributed by atoms with Gasteiger partial charge in [0.2, 0.25) is 0 Å². The van der Waals surface area contributed by atoms with Crippen LogP contribution in [0, 0.1) is 17.0 Å². The average Bonchev–Trinajstić information content (AvgIpc) is 2.60. The van der Waals surface area contributed by atoms with E-state index >= 15 is 0 Å². The molecule has 2 aromatic rings. The lowest BCUT2D eigenvalue weighted by atomic mass is 10.1. The molecule has 0 spiro atoms. The number of non-ortho nitro benzene ring substituents is 1. The van der Waals surface area contributed by atoms with Crippen LogP contribution in [0.3, 0.4) is 0 Å². The van der Waals surface area contributed by atoms with Gasteiger partial charge in [0, 0.05) is 12.1 Å². The molecule has 0 saturated carbocycles. The third kappa shape index (κ3) is 3.20. The number of anilines is 1. The Bertz CT molecular complexity index is 963. The predicted molar refractivity (Wildman–Crippen MR) is 93.3 cm³/mol. The second-order valence-corrected chi connectivity index (χ2v) is 5.65. The Balaban J connectivity index is 2.02. The summed E-state index contributed by atoms with van der Waals surface area (Å²) in [4.78, 5) is 47.9. The third-order valence-corrected chi connectivity index (χ3v) is 3.79. The van der Waals surface area contributed by atoms with E-state index < -0.39 is 22.8 Å². The van der Waals surface area contributed by atoms with Gasteiger partial charge >= 0.3 is 6.03 Å². The second kappa shape index (κ2) is 6.60. The Morgan fingerprint density at radius 1 is 1.08 bits per heavy atom. The van der Waals surface area contributed by atoms with Crippen LogP contribution in [0.4, 0.5) is 16.2 Å². The first-order valence-electron chi connectivity index (χ1n) is 7.59. The highest BCUT2D eigenvalue weighted by Crippen LogP contribution is 2.25. The molecule has 8 heteroatoms. The highest BCUT2D eigenvalue weighted by molar-refractivity contribution is 6.39. The summed E-state index contributed by atoms with van der Waals surface area (Å²) in [5, 5.41) is 13.0. The van der Waals surface area contributed by atoms with Crippen LogP contribution in [0.5, 0.6) is 0 Å². The predicted octanol–water partition coefficient (Wildman–Crippen LogP) is 2.57. The monoisotopic (exact) mass is 351 g/mol. The summed E-state index contributed by atoms with van der Waals surface area (Å²) in [6.45, 7) is 1.90. The molecule has 1 heterocycles. The summed E-state index contributed by atoms with van der Waals surface area (Å²) < 4.78 is 0. The molecule has 0 bridgehead atoms. The highest BCUT2D eigenvalue weighted by atomic mass is 16.6. The molecule has 1 saturated heterocycles. The van der Waals surface area contributed by atoms with Gasteiger partial charge in [0.15, 0.2) is 0 Å². The number of nitro groups is 1. The van der Waals surface area contributed by atoms with Gasteiger partial charge in [-0.25, -0.2) is 9.69 Å². The standard InChI is InChI=1S/C18H13N3O5/c1-11-5-7-12(8-6-11)9-15-16(22)19-18(24)20(17(15)23)13-3-2-4-14(10-13)21(25)26/h2-10H,1H3,(H,19,22,24)/b15-9+. The number of aryl methyl sites for hydroxylation is 1. The molecule has 1 aliphatic heterocycles. The first-order valence-corrected chi connectivity index (χ1v) is 7.59. The minimum atomic E-state index is -0.957. The zero-order valence-electron chi connectivity index (χ0n) is 13.6. The molecule has 4 amide bonds. The maximum atomic E-state index is 12.7. The van der Waals surface area contributed by atoms with Gasteiger partial charge in [-0.15, -0.1) is 0 Å². The van der Waals surface area contributed by atoms with Gasteiger partial charge in [-0.1, -0.05) is 35.9 Å². The Labute approximate surface area is 147 Å². The molecule has 1 N–H and O–H groups in total. The number of imide groups is 2. The van der Waals surface area contributed by atoms with Crippen molar-refractivity contribution in [2.75, 3.05) is 4.90 Å². The lowest BCUT2D eigenvalue weighted by molar-refractivity contribution is -0.384. The number of carbonyl (C=O) groups is 3. The molecule has 0 radical (unpaired) electrons. The number of benzene rings is 2. The molecule has 3 rings (SSSR count). The van der Waals surface area contributed by atoms with Gasteiger partial charge in [-0.05, 0) is 24.6 Å². The molecule has 0 atom stereocenters. The fourth-order valence-electron chi connectivity index (χ4n) is 2.47. The molecule has 8 nitrogen and oxygen atoms in total. The molecule has 1 fully saturated rings.